The van der Waals surface area contributed by atoms with Gasteiger partial charge in [-0.2, -0.15) is 13.2 Å². The van der Waals surface area contributed by atoms with Crippen molar-refractivity contribution in [3.63, 3.8) is 0 Å². The van der Waals surface area contributed by atoms with E-state index in [1.54, 1.807) is 25.4 Å². The maximum absolute atomic E-state index is 12.5. The van der Waals surface area contributed by atoms with Gasteiger partial charge in [-0.25, -0.2) is 14.8 Å². The summed E-state index contributed by atoms with van der Waals surface area (Å²) in [5.41, 5.74) is 8.58. The SMILES string of the molecule is COc1ccc(Cn2c(C)cc3c(Oc4cc(C(N)OC(=O)C(F)(F)F)ccn4)cccc32)cn1. The van der Waals surface area contributed by atoms with E-state index in [9.17, 15) is 18.0 Å². The number of esters is 1. The number of nitrogens with two attached hydrogens (primary N) is 1. The predicted molar refractivity (Wildman–Crippen MR) is 120 cm³/mol. The summed E-state index contributed by atoms with van der Waals surface area (Å²) in [4.78, 5) is 19.4. The van der Waals surface area contributed by atoms with Gasteiger partial charge >= 0.3 is 12.1 Å². The summed E-state index contributed by atoms with van der Waals surface area (Å²) >= 11 is 0. The fraction of sp³-hybridized carbons (Fsp3) is 0.208. The number of alkyl halides is 3. The maximum atomic E-state index is 12.5. The third-order valence-corrected chi connectivity index (χ3v) is 5.23. The molecule has 0 spiro atoms. The quantitative estimate of drug-likeness (QED) is 0.300. The van der Waals surface area contributed by atoms with Crippen LogP contribution in [0.1, 0.15) is 23.0 Å². The number of hydrogen-bond donors (Lipinski definition) is 1. The van der Waals surface area contributed by atoms with Crippen LogP contribution in [-0.2, 0) is 16.1 Å². The van der Waals surface area contributed by atoms with Crippen LogP contribution in [0.4, 0.5) is 13.2 Å². The molecule has 0 aliphatic heterocycles. The Morgan fingerprint density at radius 3 is 2.60 bits per heavy atom. The number of methoxy groups -OCH3 is 1. The van der Waals surface area contributed by atoms with Crippen LogP contribution < -0.4 is 15.2 Å². The number of fused-ring (bicyclic) bond motifs is 1. The van der Waals surface area contributed by atoms with Crippen molar-refractivity contribution in [2.24, 2.45) is 5.73 Å². The Kier molecular flexibility index (Phi) is 6.61. The molecule has 1 aromatic carbocycles. The number of halogens is 3. The second-order valence-corrected chi connectivity index (χ2v) is 7.62. The van der Waals surface area contributed by atoms with Gasteiger partial charge in [0.15, 0.2) is 6.23 Å². The molecule has 4 aromatic rings. The lowest BCUT2D eigenvalue weighted by Gasteiger charge is -2.15. The lowest BCUT2D eigenvalue weighted by atomic mass is 10.2. The van der Waals surface area contributed by atoms with E-state index in [2.05, 4.69) is 19.3 Å². The molecule has 8 nitrogen and oxygen atoms in total. The molecule has 0 saturated heterocycles. The van der Waals surface area contributed by atoms with Gasteiger partial charge in [0.25, 0.3) is 0 Å². The zero-order valence-electron chi connectivity index (χ0n) is 18.7. The van der Waals surface area contributed by atoms with E-state index in [4.69, 9.17) is 15.2 Å². The van der Waals surface area contributed by atoms with E-state index in [0.717, 1.165) is 22.2 Å². The van der Waals surface area contributed by atoms with Crippen LogP contribution in [0.2, 0.25) is 0 Å². The van der Waals surface area contributed by atoms with Gasteiger partial charge in [-0.15, -0.1) is 0 Å². The molecular formula is C24H21F3N4O4. The molecule has 1 unspecified atom stereocenters. The first-order valence-corrected chi connectivity index (χ1v) is 10.4. The Labute approximate surface area is 198 Å². The van der Waals surface area contributed by atoms with E-state index in [-0.39, 0.29) is 11.4 Å². The van der Waals surface area contributed by atoms with Gasteiger partial charge in [0.2, 0.25) is 11.8 Å². The Morgan fingerprint density at radius 1 is 1.11 bits per heavy atom. The summed E-state index contributed by atoms with van der Waals surface area (Å²) < 4.78 is 54.8. The van der Waals surface area contributed by atoms with Crippen molar-refractivity contribution in [3.8, 4) is 17.5 Å². The molecule has 0 aliphatic carbocycles. The third-order valence-electron chi connectivity index (χ3n) is 5.23. The van der Waals surface area contributed by atoms with Gasteiger partial charge in [-0.1, -0.05) is 12.1 Å². The Balaban J connectivity index is 1.58. The summed E-state index contributed by atoms with van der Waals surface area (Å²) in [6.07, 6.45) is -3.73. The summed E-state index contributed by atoms with van der Waals surface area (Å²) in [6.45, 7) is 2.54. The van der Waals surface area contributed by atoms with Crippen LogP contribution in [0.3, 0.4) is 0 Å². The number of rotatable bonds is 7. The Hall–Kier alpha value is -4.12. The maximum Gasteiger partial charge on any atom is 0.490 e. The zero-order chi connectivity index (χ0) is 25.2. The second kappa shape index (κ2) is 9.63. The minimum Gasteiger partial charge on any atom is -0.481 e. The van der Waals surface area contributed by atoms with Crippen LogP contribution in [0.5, 0.6) is 17.5 Å². The molecule has 3 aromatic heterocycles. The first-order valence-electron chi connectivity index (χ1n) is 10.4. The number of aryl methyl sites for hydroxylation is 1. The number of ether oxygens (including phenoxy) is 3. The van der Waals surface area contributed by atoms with Crippen molar-refractivity contribution in [1.82, 2.24) is 14.5 Å². The summed E-state index contributed by atoms with van der Waals surface area (Å²) in [7, 11) is 1.56. The van der Waals surface area contributed by atoms with Crippen molar-refractivity contribution >= 4 is 16.9 Å². The van der Waals surface area contributed by atoms with Crippen molar-refractivity contribution in [2.75, 3.05) is 7.11 Å². The molecule has 4 rings (SSSR count). The molecular weight excluding hydrogens is 465 g/mol. The van der Waals surface area contributed by atoms with Crippen LogP contribution >= 0.6 is 0 Å². The summed E-state index contributed by atoms with van der Waals surface area (Å²) in [6, 6.07) is 13.9. The highest BCUT2D eigenvalue weighted by molar-refractivity contribution is 5.87. The second-order valence-electron chi connectivity index (χ2n) is 7.62. The van der Waals surface area contributed by atoms with Gasteiger partial charge in [-0.05, 0) is 36.8 Å². The standard InChI is InChI=1S/C24H21F3N4O4/c1-14-10-17-18(31(14)13-15-6-7-20(33-2)30-12-15)4-3-5-19(17)34-21-11-16(8-9-29-21)22(28)35-23(32)24(25,26)27/h3-12,22H,13,28H2,1-2H3. The molecule has 182 valence electrons. The average Bonchev–Trinajstić information content (AvgIpc) is 3.15. The molecule has 0 aliphatic rings. The number of benzene rings is 1. The molecule has 0 saturated carbocycles. The minimum atomic E-state index is -5.15. The normalized spacial score (nSPS) is 12.4. The highest BCUT2D eigenvalue weighted by Gasteiger charge is 2.42. The molecule has 35 heavy (non-hydrogen) atoms. The monoisotopic (exact) mass is 486 g/mol. The first-order chi connectivity index (χ1) is 16.7. The van der Waals surface area contributed by atoms with Crippen molar-refractivity contribution in [1.29, 1.82) is 0 Å². The number of hydrogen-bond acceptors (Lipinski definition) is 7. The van der Waals surface area contributed by atoms with Crippen LogP contribution in [-0.4, -0.2) is 33.8 Å². The number of nitrogens with zero attached hydrogens (tertiary/aromatic N) is 3. The van der Waals surface area contributed by atoms with Crippen molar-refractivity contribution in [2.45, 2.75) is 25.9 Å². The number of carbonyl (C=O) groups excluding carboxylic acids is 1. The largest absolute Gasteiger partial charge is 0.490 e. The van der Waals surface area contributed by atoms with E-state index in [0.29, 0.717) is 18.2 Å². The summed E-state index contributed by atoms with van der Waals surface area (Å²) in [5, 5.41) is 0.812. The van der Waals surface area contributed by atoms with Gasteiger partial charge in [0, 0.05) is 47.7 Å². The molecule has 0 amide bonds. The van der Waals surface area contributed by atoms with Crippen molar-refractivity contribution < 1.29 is 32.2 Å². The van der Waals surface area contributed by atoms with E-state index in [1.165, 1.54) is 18.3 Å². The average molecular weight is 486 g/mol. The Bertz CT molecular complexity index is 1350. The number of pyridine rings is 2. The van der Waals surface area contributed by atoms with Gasteiger partial charge in [0.05, 0.1) is 12.6 Å². The fourth-order valence-corrected chi connectivity index (χ4v) is 3.52. The zero-order valence-corrected chi connectivity index (χ0v) is 18.7. The van der Waals surface area contributed by atoms with Gasteiger partial charge < -0.3 is 18.8 Å². The molecule has 2 N–H and O–H groups in total. The summed E-state index contributed by atoms with van der Waals surface area (Å²) in [5.74, 6) is -1.28. The van der Waals surface area contributed by atoms with E-state index >= 15 is 0 Å². The molecule has 0 radical (unpaired) electrons. The predicted octanol–water partition coefficient (Wildman–Crippen LogP) is 4.65. The van der Waals surface area contributed by atoms with Crippen LogP contribution in [0.15, 0.2) is 60.9 Å². The van der Waals surface area contributed by atoms with Gasteiger partial charge in [0.1, 0.15) is 5.75 Å². The minimum absolute atomic E-state index is 0.0817. The number of carbonyl (C=O) groups is 1. The molecule has 0 fully saturated rings. The highest BCUT2D eigenvalue weighted by Crippen LogP contribution is 2.33. The van der Waals surface area contributed by atoms with Crippen molar-refractivity contribution in [3.05, 3.63) is 77.7 Å². The lowest BCUT2D eigenvalue weighted by Crippen LogP contribution is -2.30. The topological polar surface area (TPSA) is 101 Å². The Morgan fingerprint density at radius 2 is 1.91 bits per heavy atom. The lowest BCUT2D eigenvalue weighted by molar-refractivity contribution is -0.205. The number of aromatic nitrogens is 3. The fourth-order valence-electron chi connectivity index (χ4n) is 3.52. The van der Waals surface area contributed by atoms with Crippen LogP contribution in [0, 0.1) is 6.92 Å². The molecule has 11 heteroatoms. The molecule has 3 heterocycles. The van der Waals surface area contributed by atoms with Crippen LogP contribution in [0.25, 0.3) is 10.9 Å². The molecule has 1 atom stereocenters. The third kappa shape index (κ3) is 5.35. The van der Waals surface area contributed by atoms with Gasteiger partial charge in [-0.3, -0.25) is 5.73 Å². The smallest absolute Gasteiger partial charge is 0.481 e. The van der Waals surface area contributed by atoms with E-state index < -0.39 is 18.4 Å². The van der Waals surface area contributed by atoms with E-state index in [1.807, 2.05) is 31.2 Å². The highest BCUT2D eigenvalue weighted by atomic mass is 19.4. The molecule has 0 bridgehead atoms. The first kappa shape index (κ1) is 24.0.